The van der Waals surface area contributed by atoms with Crippen molar-refractivity contribution in [3.05, 3.63) is 0 Å². The van der Waals surface area contributed by atoms with Crippen molar-refractivity contribution in [3.8, 4) is 0 Å². The molecule has 0 spiro atoms. The van der Waals surface area contributed by atoms with Gasteiger partial charge in [-0.3, -0.25) is 4.79 Å². The molecule has 5 nitrogen and oxygen atoms in total. The lowest BCUT2D eigenvalue weighted by Gasteiger charge is -2.59. The Bertz CT molecular complexity index is 412. The van der Waals surface area contributed by atoms with E-state index in [-0.39, 0.29) is 23.0 Å². The lowest BCUT2D eigenvalue weighted by Crippen LogP contribution is -2.76. The van der Waals surface area contributed by atoms with E-state index in [1.165, 1.54) is 0 Å². The van der Waals surface area contributed by atoms with Crippen molar-refractivity contribution in [2.24, 2.45) is 11.1 Å². The molecule has 21 heavy (non-hydrogen) atoms. The highest BCUT2D eigenvalue weighted by Gasteiger charge is 2.64. The Labute approximate surface area is 128 Å². The predicted molar refractivity (Wildman–Crippen MR) is 82.0 cm³/mol. The number of carbonyl (C=O) groups is 1. The molecule has 0 aromatic carbocycles. The number of ether oxygens (including phenoxy) is 2. The Hall–Kier alpha value is -0.650. The third-order valence-electron chi connectivity index (χ3n) is 5.65. The highest BCUT2D eigenvalue weighted by molar-refractivity contribution is 5.89. The molecule has 0 aromatic rings. The van der Waals surface area contributed by atoms with Crippen molar-refractivity contribution in [3.63, 3.8) is 0 Å². The van der Waals surface area contributed by atoms with Gasteiger partial charge in [0, 0.05) is 38.6 Å². The molecule has 0 aromatic heterocycles. The van der Waals surface area contributed by atoms with Crippen LogP contribution in [0.25, 0.3) is 0 Å². The van der Waals surface area contributed by atoms with Gasteiger partial charge in [0.05, 0.1) is 11.7 Å². The Morgan fingerprint density at radius 1 is 1.38 bits per heavy atom. The van der Waals surface area contributed by atoms with Crippen LogP contribution in [0.4, 0.5) is 0 Å². The summed E-state index contributed by atoms with van der Waals surface area (Å²) in [6.45, 7) is 10.2. The van der Waals surface area contributed by atoms with E-state index in [0.717, 1.165) is 19.4 Å². The van der Waals surface area contributed by atoms with Crippen LogP contribution in [-0.4, -0.2) is 54.9 Å². The van der Waals surface area contributed by atoms with Crippen molar-refractivity contribution in [2.75, 3.05) is 26.8 Å². The smallest absolute Gasteiger partial charge is 0.243 e. The molecule has 0 bridgehead atoms. The summed E-state index contributed by atoms with van der Waals surface area (Å²) in [5, 5.41) is 0. The molecule has 1 amide bonds. The molecule has 1 aliphatic carbocycles. The van der Waals surface area contributed by atoms with Crippen molar-refractivity contribution >= 4 is 5.91 Å². The molecule has 1 saturated heterocycles. The third kappa shape index (κ3) is 2.60. The van der Waals surface area contributed by atoms with Crippen LogP contribution in [-0.2, 0) is 14.3 Å². The van der Waals surface area contributed by atoms with Crippen LogP contribution in [0, 0.1) is 5.41 Å². The first-order chi connectivity index (χ1) is 9.70. The van der Waals surface area contributed by atoms with Gasteiger partial charge in [0.2, 0.25) is 5.91 Å². The zero-order valence-electron chi connectivity index (χ0n) is 14.1. The molecule has 2 rings (SSSR count). The summed E-state index contributed by atoms with van der Waals surface area (Å²) in [6, 6.07) is 0. The maximum absolute atomic E-state index is 13.0. The number of nitrogens with zero attached hydrogens (tertiary/aromatic N) is 1. The number of amides is 1. The van der Waals surface area contributed by atoms with Crippen LogP contribution < -0.4 is 5.73 Å². The number of hydrogen-bond acceptors (Lipinski definition) is 4. The number of nitrogens with two attached hydrogens (primary N) is 1. The number of likely N-dealkylation sites (tertiary alicyclic amines) is 1. The van der Waals surface area contributed by atoms with Gasteiger partial charge < -0.3 is 20.1 Å². The van der Waals surface area contributed by atoms with Crippen LogP contribution in [0.1, 0.15) is 47.0 Å². The van der Waals surface area contributed by atoms with Gasteiger partial charge >= 0.3 is 0 Å². The van der Waals surface area contributed by atoms with Crippen molar-refractivity contribution in [1.29, 1.82) is 0 Å². The topological polar surface area (TPSA) is 64.8 Å². The molecular weight excluding hydrogens is 268 g/mol. The molecule has 1 aliphatic heterocycles. The first-order valence-electron chi connectivity index (χ1n) is 7.95. The Morgan fingerprint density at radius 3 is 2.57 bits per heavy atom. The van der Waals surface area contributed by atoms with E-state index in [9.17, 15) is 4.79 Å². The fourth-order valence-electron chi connectivity index (χ4n) is 3.63. The zero-order chi connectivity index (χ0) is 15.9. The van der Waals surface area contributed by atoms with E-state index in [1.54, 1.807) is 7.11 Å². The van der Waals surface area contributed by atoms with Gasteiger partial charge in [0.25, 0.3) is 0 Å². The first-order valence-corrected chi connectivity index (χ1v) is 7.95. The van der Waals surface area contributed by atoms with Gasteiger partial charge in [-0.1, -0.05) is 13.8 Å². The SMILES string of the molecule is CCOC1CC(N)(C(=O)N2CCCC(C)(OC)C2)C1(C)C. The number of carbonyl (C=O) groups excluding carboxylic acids is 1. The minimum Gasteiger partial charge on any atom is -0.378 e. The molecule has 3 unspecified atom stereocenters. The highest BCUT2D eigenvalue weighted by atomic mass is 16.5. The lowest BCUT2D eigenvalue weighted by molar-refractivity contribution is -0.183. The van der Waals surface area contributed by atoms with Gasteiger partial charge in [-0.2, -0.15) is 0 Å². The minimum absolute atomic E-state index is 0.0476. The van der Waals surface area contributed by atoms with Gasteiger partial charge in [-0.25, -0.2) is 0 Å². The minimum atomic E-state index is -0.821. The standard InChI is InChI=1S/C16H30N2O3/c1-6-21-12-10-16(17,14(12,2)3)13(19)18-9-7-8-15(4,11-18)20-5/h12H,6-11,17H2,1-5H3. The highest BCUT2D eigenvalue weighted by Crippen LogP contribution is 2.50. The molecule has 5 heteroatoms. The fraction of sp³-hybridized carbons (Fsp3) is 0.938. The Balaban J connectivity index is 2.10. The van der Waals surface area contributed by atoms with Crippen molar-refractivity contribution < 1.29 is 14.3 Å². The van der Waals surface area contributed by atoms with Crippen LogP contribution in [0.15, 0.2) is 0 Å². The Morgan fingerprint density at radius 2 is 2.05 bits per heavy atom. The second-order valence-corrected chi connectivity index (χ2v) is 7.33. The zero-order valence-corrected chi connectivity index (χ0v) is 14.1. The largest absolute Gasteiger partial charge is 0.378 e. The number of hydrogen-bond donors (Lipinski definition) is 1. The quantitative estimate of drug-likeness (QED) is 0.855. The summed E-state index contributed by atoms with van der Waals surface area (Å²) >= 11 is 0. The molecule has 2 N–H and O–H groups in total. The van der Waals surface area contributed by atoms with Crippen LogP contribution in [0.3, 0.4) is 0 Å². The summed E-state index contributed by atoms with van der Waals surface area (Å²) in [7, 11) is 1.71. The number of piperidine rings is 1. The van der Waals surface area contributed by atoms with E-state index in [0.29, 0.717) is 19.6 Å². The molecule has 2 aliphatic rings. The first kappa shape index (κ1) is 16.7. The normalized spacial score (nSPS) is 39.0. The molecule has 3 atom stereocenters. The van der Waals surface area contributed by atoms with Crippen molar-refractivity contribution in [1.82, 2.24) is 4.90 Å². The monoisotopic (exact) mass is 298 g/mol. The lowest BCUT2D eigenvalue weighted by atomic mass is 9.54. The second-order valence-electron chi connectivity index (χ2n) is 7.33. The van der Waals surface area contributed by atoms with Crippen LogP contribution in [0.2, 0.25) is 0 Å². The van der Waals surface area contributed by atoms with E-state index in [1.807, 2.05) is 25.7 Å². The van der Waals surface area contributed by atoms with Gasteiger partial charge in [-0.05, 0) is 26.7 Å². The van der Waals surface area contributed by atoms with Gasteiger partial charge in [-0.15, -0.1) is 0 Å². The van der Waals surface area contributed by atoms with Crippen LogP contribution in [0.5, 0.6) is 0 Å². The van der Waals surface area contributed by atoms with Crippen LogP contribution >= 0.6 is 0 Å². The number of methoxy groups -OCH3 is 1. The molecule has 122 valence electrons. The van der Waals surface area contributed by atoms with Gasteiger partial charge in [0.15, 0.2) is 0 Å². The van der Waals surface area contributed by atoms with E-state index in [2.05, 4.69) is 6.92 Å². The van der Waals surface area contributed by atoms with Gasteiger partial charge in [0.1, 0.15) is 5.54 Å². The maximum Gasteiger partial charge on any atom is 0.243 e. The molecule has 2 fully saturated rings. The van der Waals surface area contributed by atoms with E-state index >= 15 is 0 Å². The molecule has 0 radical (unpaired) electrons. The summed E-state index contributed by atoms with van der Waals surface area (Å²) in [5.41, 5.74) is 5.09. The van der Waals surface area contributed by atoms with E-state index < -0.39 is 5.54 Å². The predicted octanol–water partition coefficient (Wildman–Crippen LogP) is 1.55. The van der Waals surface area contributed by atoms with Crippen molar-refractivity contribution in [2.45, 2.75) is 64.2 Å². The fourth-order valence-corrected chi connectivity index (χ4v) is 3.63. The maximum atomic E-state index is 13.0. The average molecular weight is 298 g/mol. The molecular formula is C16H30N2O3. The third-order valence-corrected chi connectivity index (χ3v) is 5.65. The summed E-state index contributed by atoms with van der Waals surface area (Å²) < 4.78 is 11.3. The van der Waals surface area contributed by atoms with E-state index in [4.69, 9.17) is 15.2 Å². The summed E-state index contributed by atoms with van der Waals surface area (Å²) in [5.74, 6) is 0.0476. The summed E-state index contributed by atoms with van der Waals surface area (Å²) in [6.07, 6.45) is 2.61. The molecule has 1 saturated carbocycles. The number of rotatable bonds is 4. The summed E-state index contributed by atoms with van der Waals surface area (Å²) in [4.78, 5) is 14.8. The Kier molecular flexibility index (Phi) is 4.40. The average Bonchev–Trinajstić information content (AvgIpc) is 2.46. The second kappa shape index (κ2) is 5.52. The molecule has 1 heterocycles.